The van der Waals surface area contributed by atoms with Crippen molar-refractivity contribution >= 4 is 0 Å². The minimum atomic E-state index is 0.644. The Morgan fingerprint density at radius 1 is 1.14 bits per heavy atom. The van der Waals surface area contributed by atoms with Crippen LogP contribution in [0.25, 0.3) is 0 Å². The third-order valence-corrected chi connectivity index (χ3v) is 6.32. The smallest absolute Gasteiger partial charge is 0.0209 e. The van der Waals surface area contributed by atoms with E-state index in [-0.39, 0.29) is 0 Å². The van der Waals surface area contributed by atoms with Crippen LogP contribution in [0.3, 0.4) is 0 Å². The second-order valence-corrected chi connectivity index (χ2v) is 8.28. The number of rotatable bonds is 5. The standard InChI is InChI=1S/C18H35N3/c1-15-13-21(2)14-17(20-15)6-11-19-12-16-4-9-18(10-5-16)7-3-8-18/h15-17,19-20H,3-14H2,1-2H3/t15-,17?/m0/s1. The zero-order chi connectivity index (χ0) is 14.7. The van der Waals surface area contributed by atoms with Crippen LogP contribution in [0.1, 0.15) is 58.3 Å². The van der Waals surface area contributed by atoms with E-state index in [1.165, 1.54) is 77.5 Å². The average molecular weight is 293 g/mol. The maximum absolute atomic E-state index is 3.74. The highest BCUT2D eigenvalue weighted by Gasteiger charge is 2.39. The molecule has 0 bridgehead atoms. The van der Waals surface area contributed by atoms with Gasteiger partial charge in [-0.05, 0) is 83.3 Å². The molecule has 2 saturated carbocycles. The molecule has 1 unspecified atom stereocenters. The molecular weight excluding hydrogens is 258 g/mol. The van der Waals surface area contributed by atoms with Gasteiger partial charge < -0.3 is 15.5 Å². The van der Waals surface area contributed by atoms with Gasteiger partial charge in [-0.2, -0.15) is 0 Å². The molecule has 2 atom stereocenters. The van der Waals surface area contributed by atoms with Gasteiger partial charge in [0.2, 0.25) is 0 Å². The number of nitrogens with one attached hydrogen (secondary N) is 2. The molecule has 0 aromatic heterocycles. The average Bonchev–Trinajstić information content (AvgIpc) is 2.42. The molecule has 1 aliphatic heterocycles. The van der Waals surface area contributed by atoms with E-state index in [2.05, 4.69) is 29.5 Å². The maximum atomic E-state index is 3.74. The monoisotopic (exact) mass is 293 g/mol. The first-order chi connectivity index (χ1) is 10.2. The van der Waals surface area contributed by atoms with Gasteiger partial charge in [0, 0.05) is 25.2 Å². The van der Waals surface area contributed by atoms with E-state index in [4.69, 9.17) is 0 Å². The van der Waals surface area contributed by atoms with Gasteiger partial charge in [-0.25, -0.2) is 0 Å². The Labute approximate surface area is 131 Å². The lowest BCUT2D eigenvalue weighted by molar-refractivity contribution is 0.0554. The molecule has 0 aromatic carbocycles. The van der Waals surface area contributed by atoms with Gasteiger partial charge in [0.15, 0.2) is 0 Å². The normalized spacial score (nSPS) is 34.0. The molecule has 3 rings (SSSR count). The van der Waals surface area contributed by atoms with E-state index in [0.29, 0.717) is 12.1 Å². The lowest BCUT2D eigenvalue weighted by Crippen LogP contribution is -2.54. The lowest BCUT2D eigenvalue weighted by atomic mass is 9.59. The fraction of sp³-hybridized carbons (Fsp3) is 1.00. The fourth-order valence-corrected chi connectivity index (χ4v) is 4.85. The summed E-state index contributed by atoms with van der Waals surface area (Å²) in [5, 5.41) is 7.47. The van der Waals surface area contributed by atoms with Crippen molar-refractivity contribution < 1.29 is 0 Å². The minimum Gasteiger partial charge on any atom is -0.316 e. The quantitative estimate of drug-likeness (QED) is 0.763. The summed E-state index contributed by atoms with van der Waals surface area (Å²) >= 11 is 0. The molecule has 0 radical (unpaired) electrons. The van der Waals surface area contributed by atoms with Crippen molar-refractivity contribution in [3.8, 4) is 0 Å². The van der Waals surface area contributed by atoms with Crippen molar-refractivity contribution in [1.82, 2.24) is 15.5 Å². The van der Waals surface area contributed by atoms with Crippen molar-refractivity contribution in [1.29, 1.82) is 0 Å². The summed E-state index contributed by atoms with van der Waals surface area (Å²) in [6.45, 7) is 7.13. The summed E-state index contributed by atoms with van der Waals surface area (Å²) in [4.78, 5) is 2.46. The van der Waals surface area contributed by atoms with Gasteiger partial charge in [-0.15, -0.1) is 0 Å². The van der Waals surface area contributed by atoms with Crippen LogP contribution in [-0.4, -0.2) is 50.2 Å². The molecule has 2 aliphatic carbocycles. The largest absolute Gasteiger partial charge is 0.316 e. The Morgan fingerprint density at radius 2 is 1.90 bits per heavy atom. The Hall–Kier alpha value is -0.120. The number of hydrogen-bond acceptors (Lipinski definition) is 3. The Kier molecular flexibility index (Phi) is 5.23. The molecule has 3 nitrogen and oxygen atoms in total. The van der Waals surface area contributed by atoms with Crippen LogP contribution in [0.15, 0.2) is 0 Å². The molecule has 21 heavy (non-hydrogen) atoms. The summed E-state index contributed by atoms with van der Waals surface area (Å²) in [6, 6.07) is 1.32. The zero-order valence-electron chi connectivity index (χ0n) is 14.2. The van der Waals surface area contributed by atoms with E-state index in [1.54, 1.807) is 0 Å². The predicted octanol–water partition coefficient (Wildman–Crippen LogP) is 2.62. The molecule has 0 amide bonds. The molecule has 2 N–H and O–H groups in total. The summed E-state index contributed by atoms with van der Waals surface area (Å²) in [5.41, 5.74) is 0.823. The first kappa shape index (κ1) is 15.8. The van der Waals surface area contributed by atoms with E-state index < -0.39 is 0 Å². The van der Waals surface area contributed by atoms with Gasteiger partial charge in [-0.1, -0.05) is 6.42 Å². The number of nitrogens with zero attached hydrogens (tertiary/aromatic N) is 1. The second-order valence-electron chi connectivity index (χ2n) is 8.28. The van der Waals surface area contributed by atoms with Gasteiger partial charge in [-0.3, -0.25) is 0 Å². The molecule has 0 aromatic rings. The minimum absolute atomic E-state index is 0.644. The van der Waals surface area contributed by atoms with Crippen LogP contribution < -0.4 is 10.6 Å². The molecule has 1 heterocycles. The highest BCUT2D eigenvalue weighted by atomic mass is 15.2. The van der Waals surface area contributed by atoms with Crippen LogP contribution >= 0.6 is 0 Å². The van der Waals surface area contributed by atoms with E-state index in [1.807, 2.05) is 0 Å². The molecule has 3 fully saturated rings. The summed E-state index contributed by atoms with van der Waals surface area (Å²) in [5.74, 6) is 0.956. The third-order valence-electron chi connectivity index (χ3n) is 6.32. The highest BCUT2D eigenvalue weighted by Crippen LogP contribution is 2.52. The van der Waals surface area contributed by atoms with Crippen LogP contribution in [0.4, 0.5) is 0 Å². The predicted molar refractivity (Wildman–Crippen MR) is 89.6 cm³/mol. The third kappa shape index (κ3) is 4.20. The number of likely N-dealkylation sites (N-methyl/N-ethyl adjacent to an activating group) is 1. The Morgan fingerprint density at radius 3 is 2.52 bits per heavy atom. The topological polar surface area (TPSA) is 27.3 Å². The first-order valence-electron chi connectivity index (χ1n) is 9.31. The second kappa shape index (κ2) is 6.97. The van der Waals surface area contributed by atoms with Crippen molar-refractivity contribution in [3.05, 3.63) is 0 Å². The van der Waals surface area contributed by atoms with E-state index in [0.717, 1.165) is 11.3 Å². The Balaban J connectivity index is 1.27. The zero-order valence-corrected chi connectivity index (χ0v) is 14.2. The van der Waals surface area contributed by atoms with Gasteiger partial charge in [0.25, 0.3) is 0 Å². The van der Waals surface area contributed by atoms with Crippen molar-refractivity contribution in [2.45, 2.75) is 70.4 Å². The molecular formula is C18H35N3. The van der Waals surface area contributed by atoms with Crippen LogP contribution in [0.2, 0.25) is 0 Å². The number of piperazine rings is 1. The van der Waals surface area contributed by atoms with Gasteiger partial charge >= 0.3 is 0 Å². The van der Waals surface area contributed by atoms with Gasteiger partial charge in [0.05, 0.1) is 0 Å². The lowest BCUT2D eigenvalue weighted by Gasteiger charge is -2.47. The maximum Gasteiger partial charge on any atom is 0.0209 e. The van der Waals surface area contributed by atoms with Crippen molar-refractivity contribution in [2.75, 3.05) is 33.2 Å². The van der Waals surface area contributed by atoms with Crippen LogP contribution in [0, 0.1) is 11.3 Å². The molecule has 122 valence electrons. The molecule has 1 spiro atoms. The SMILES string of the molecule is C[C@H]1CN(C)CC(CCNCC2CCC3(CCC3)CC2)N1. The first-order valence-corrected chi connectivity index (χ1v) is 9.31. The number of hydrogen-bond donors (Lipinski definition) is 2. The summed E-state index contributed by atoms with van der Waals surface area (Å²) < 4.78 is 0. The Bertz CT molecular complexity index is 306. The van der Waals surface area contributed by atoms with Crippen molar-refractivity contribution in [2.24, 2.45) is 11.3 Å². The molecule has 3 heteroatoms. The fourth-order valence-electron chi connectivity index (χ4n) is 4.85. The van der Waals surface area contributed by atoms with Crippen molar-refractivity contribution in [3.63, 3.8) is 0 Å². The molecule has 1 saturated heterocycles. The highest BCUT2D eigenvalue weighted by molar-refractivity contribution is 4.92. The van der Waals surface area contributed by atoms with E-state index >= 15 is 0 Å². The summed E-state index contributed by atoms with van der Waals surface area (Å²) in [6.07, 6.45) is 11.8. The van der Waals surface area contributed by atoms with Crippen LogP contribution in [-0.2, 0) is 0 Å². The van der Waals surface area contributed by atoms with Crippen LogP contribution in [0.5, 0.6) is 0 Å². The van der Waals surface area contributed by atoms with E-state index in [9.17, 15) is 0 Å². The van der Waals surface area contributed by atoms with Gasteiger partial charge in [0.1, 0.15) is 0 Å². The summed E-state index contributed by atoms with van der Waals surface area (Å²) in [7, 11) is 2.25. The molecule has 3 aliphatic rings.